The largest absolute Gasteiger partial charge is 0.489 e. The molecule has 0 unspecified atom stereocenters. The van der Waals surface area contributed by atoms with Crippen molar-refractivity contribution in [1.29, 1.82) is 0 Å². The van der Waals surface area contributed by atoms with Gasteiger partial charge in [0.25, 0.3) is 5.91 Å². The first-order chi connectivity index (χ1) is 15.7. The summed E-state index contributed by atoms with van der Waals surface area (Å²) in [6.07, 6.45) is 5.90. The molecule has 0 saturated carbocycles. The lowest BCUT2D eigenvalue weighted by molar-refractivity contribution is -0.140. The molecule has 8 heteroatoms. The molecule has 2 atom stereocenters. The van der Waals surface area contributed by atoms with Crippen LogP contribution in [0.25, 0.3) is 0 Å². The van der Waals surface area contributed by atoms with E-state index >= 15 is 0 Å². The second-order valence-electron chi connectivity index (χ2n) is 8.66. The number of anilines is 1. The second-order valence-corrected chi connectivity index (χ2v) is 8.66. The monoisotopic (exact) mass is 436 g/mol. The molecule has 3 aliphatic heterocycles. The molecular weight excluding hydrogens is 408 g/mol. The molecule has 2 aromatic rings. The van der Waals surface area contributed by atoms with Crippen molar-refractivity contribution in [2.45, 2.75) is 37.4 Å². The maximum Gasteiger partial charge on any atom is 0.321 e. The summed E-state index contributed by atoms with van der Waals surface area (Å²) in [4.78, 5) is 32.7. The summed E-state index contributed by atoms with van der Waals surface area (Å²) in [6.45, 7) is 3.36. The predicted molar refractivity (Wildman–Crippen MR) is 119 cm³/mol. The molecular formula is C24H28N4O4. The Labute approximate surface area is 187 Å². The van der Waals surface area contributed by atoms with E-state index in [2.05, 4.69) is 10.3 Å². The van der Waals surface area contributed by atoms with Crippen LogP contribution in [0.1, 0.15) is 30.7 Å². The number of nitrogens with zero attached hydrogens (tertiary/aromatic N) is 3. The van der Waals surface area contributed by atoms with Gasteiger partial charge in [0, 0.05) is 56.7 Å². The molecule has 3 fully saturated rings. The first-order valence-electron chi connectivity index (χ1n) is 11.3. The number of benzene rings is 1. The lowest BCUT2D eigenvalue weighted by Crippen LogP contribution is -2.50. The van der Waals surface area contributed by atoms with Crippen molar-refractivity contribution in [3.63, 3.8) is 0 Å². The third-order valence-electron chi connectivity index (χ3n) is 6.39. The highest BCUT2D eigenvalue weighted by Crippen LogP contribution is 2.27. The standard InChI is InChI=1S/C24H28N4O4/c29-23(22-4-2-12-31-22)27-11-9-21(16-27)32-20-7-5-19(6-8-20)26-24(30)28-14-18(15-28)17-3-1-10-25-13-17/h1,3,5-8,10,13,18,21-22H,2,4,9,11-12,14-16H2,(H,26,30)/t21-,22-/m0/s1. The van der Waals surface area contributed by atoms with E-state index in [4.69, 9.17) is 9.47 Å². The van der Waals surface area contributed by atoms with Gasteiger partial charge in [-0.3, -0.25) is 9.78 Å². The van der Waals surface area contributed by atoms with Crippen LogP contribution < -0.4 is 10.1 Å². The molecule has 0 spiro atoms. The van der Waals surface area contributed by atoms with E-state index in [-0.39, 0.29) is 24.1 Å². The number of hydrogen-bond donors (Lipinski definition) is 1. The summed E-state index contributed by atoms with van der Waals surface area (Å²) in [6, 6.07) is 11.3. The summed E-state index contributed by atoms with van der Waals surface area (Å²) >= 11 is 0. The van der Waals surface area contributed by atoms with E-state index in [1.165, 1.54) is 5.56 Å². The number of likely N-dealkylation sites (tertiary alicyclic amines) is 2. The smallest absolute Gasteiger partial charge is 0.321 e. The average molecular weight is 437 g/mol. The maximum atomic E-state index is 12.5. The summed E-state index contributed by atoms with van der Waals surface area (Å²) in [5, 5.41) is 2.94. The van der Waals surface area contributed by atoms with Crippen LogP contribution >= 0.6 is 0 Å². The first-order valence-corrected chi connectivity index (χ1v) is 11.3. The third-order valence-corrected chi connectivity index (χ3v) is 6.39. The molecule has 4 heterocycles. The lowest BCUT2D eigenvalue weighted by atomic mass is 9.93. The summed E-state index contributed by atoms with van der Waals surface area (Å²) < 4.78 is 11.6. The van der Waals surface area contributed by atoms with Gasteiger partial charge in [0.1, 0.15) is 18.0 Å². The van der Waals surface area contributed by atoms with Gasteiger partial charge in [-0.05, 0) is 48.7 Å². The highest BCUT2D eigenvalue weighted by Gasteiger charge is 2.34. The minimum absolute atomic E-state index is 0.0220. The molecule has 0 bridgehead atoms. The zero-order valence-electron chi connectivity index (χ0n) is 18.0. The Morgan fingerprint density at radius 1 is 1.06 bits per heavy atom. The molecule has 3 amide bonds. The number of pyridine rings is 1. The van der Waals surface area contributed by atoms with Gasteiger partial charge >= 0.3 is 6.03 Å². The van der Waals surface area contributed by atoms with Crippen molar-refractivity contribution in [3.8, 4) is 5.75 Å². The minimum atomic E-state index is -0.275. The molecule has 8 nitrogen and oxygen atoms in total. The van der Waals surface area contributed by atoms with Gasteiger partial charge in [0.05, 0.1) is 6.54 Å². The van der Waals surface area contributed by atoms with Crippen LogP contribution in [0.5, 0.6) is 5.75 Å². The van der Waals surface area contributed by atoms with Crippen molar-refractivity contribution in [2.24, 2.45) is 0 Å². The van der Waals surface area contributed by atoms with Gasteiger partial charge in [-0.2, -0.15) is 0 Å². The van der Waals surface area contributed by atoms with Crippen LogP contribution in [0.2, 0.25) is 0 Å². The Kier molecular flexibility index (Phi) is 5.94. The second kappa shape index (κ2) is 9.16. The lowest BCUT2D eigenvalue weighted by Gasteiger charge is -2.39. The van der Waals surface area contributed by atoms with Crippen LogP contribution in [0.15, 0.2) is 48.8 Å². The number of amides is 3. The fourth-order valence-electron chi connectivity index (χ4n) is 4.49. The number of urea groups is 1. The molecule has 1 N–H and O–H groups in total. The fraction of sp³-hybridized carbons (Fsp3) is 0.458. The minimum Gasteiger partial charge on any atom is -0.489 e. The quantitative estimate of drug-likeness (QED) is 0.779. The van der Waals surface area contributed by atoms with E-state index in [1.807, 2.05) is 47.5 Å². The fourth-order valence-corrected chi connectivity index (χ4v) is 4.49. The van der Waals surface area contributed by atoms with Crippen LogP contribution in [0.3, 0.4) is 0 Å². The van der Waals surface area contributed by atoms with Crippen molar-refractivity contribution in [2.75, 3.05) is 38.1 Å². The summed E-state index contributed by atoms with van der Waals surface area (Å²) in [7, 11) is 0. The van der Waals surface area contributed by atoms with Gasteiger partial charge < -0.3 is 24.6 Å². The molecule has 168 valence electrons. The molecule has 32 heavy (non-hydrogen) atoms. The van der Waals surface area contributed by atoms with Crippen molar-refractivity contribution in [3.05, 3.63) is 54.4 Å². The number of carbonyl (C=O) groups excluding carboxylic acids is 2. The molecule has 3 saturated heterocycles. The normalized spacial score (nSPS) is 23.1. The third kappa shape index (κ3) is 4.55. The van der Waals surface area contributed by atoms with E-state index in [0.717, 1.165) is 30.7 Å². The first kappa shape index (κ1) is 20.8. The van der Waals surface area contributed by atoms with Gasteiger partial charge in [-0.1, -0.05) is 6.07 Å². The topological polar surface area (TPSA) is 84.0 Å². The van der Waals surface area contributed by atoms with Crippen molar-refractivity contribution in [1.82, 2.24) is 14.8 Å². The van der Waals surface area contributed by atoms with Crippen LogP contribution in [-0.2, 0) is 9.53 Å². The zero-order valence-corrected chi connectivity index (χ0v) is 18.0. The Morgan fingerprint density at radius 2 is 1.91 bits per heavy atom. The van der Waals surface area contributed by atoms with Crippen LogP contribution in [0.4, 0.5) is 10.5 Å². The maximum absolute atomic E-state index is 12.5. The van der Waals surface area contributed by atoms with E-state index in [1.54, 1.807) is 11.1 Å². The van der Waals surface area contributed by atoms with Crippen LogP contribution in [-0.4, -0.2) is 71.7 Å². The van der Waals surface area contributed by atoms with Gasteiger partial charge in [0.15, 0.2) is 0 Å². The number of hydrogen-bond acceptors (Lipinski definition) is 5. The molecule has 0 aliphatic carbocycles. The number of nitrogens with one attached hydrogen (secondary N) is 1. The SMILES string of the molecule is O=C(Nc1ccc(O[C@H]2CCN(C(=O)[C@@H]3CCCO3)C2)cc1)N1CC(c2cccnc2)C1. The van der Waals surface area contributed by atoms with Gasteiger partial charge in [-0.25, -0.2) is 4.79 Å². The molecule has 5 rings (SSSR count). The number of ether oxygens (including phenoxy) is 2. The number of carbonyl (C=O) groups is 2. The van der Waals surface area contributed by atoms with E-state index < -0.39 is 0 Å². The molecule has 1 aromatic carbocycles. The molecule has 3 aliphatic rings. The van der Waals surface area contributed by atoms with Crippen molar-refractivity contribution < 1.29 is 19.1 Å². The number of rotatable bonds is 5. The molecule has 1 aromatic heterocycles. The Hall–Kier alpha value is -3.13. The van der Waals surface area contributed by atoms with Crippen molar-refractivity contribution >= 4 is 17.6 Å². The zero-order chi connectivity index (χ0) is 21.9. The van der Waals surface area contributed by atoms with Gasteiger partial charge in [0.2, 0.25) is 0 Å². The van der Waals surface area contributed by atoms with Crippen LogP contribution in [0, 0.1) is 0 Å². The highest BCUT2D eigenvalue weighted by molar-refractivity contribution is 5.90. The Bertz CT molecular complexity index is 940. The summed E-state index contributed by atoms with van der Waals surface area (Å²) in [5.41, 5.74) is 1.90. The molecule has 0 radical (unpaired) electrons. The highest BCUT2D eigenvalue weighted by atomic mass is 16.5. The van der Waals surface area contributed by atoms with E-state index in [0.29, 0.717) is 38.7 Å². The number of aromatic nitrogens is 1. The summed E-state index contributed by atoms with van der Waals surface area (Å²) in [5.74, 6) is 1.17. The van der Waals surface area contributed by atoms with Gasteiger partial charge in [-0.15, -0.1) is 0 Å². The Balaban J connectivity index is 1.07. The average Bonchev–Trinajstić information content (AvgIpc) is 3.47. The Morgan fingerprint density at radius 3 is 2.62 bits per heavy atom. The van der Waals surface area contributed by atoms with E-state index in [9.17, 15) is 9.59 Å². The predicted octanol–water partition coefficient (Wildman–Crippen LogP) is 2.87.